The molecule has 3 nitrogen and oxygen atoms in total. The molecule has 2 aromatic carbocycles. The number of thiazole rings is 1. The van der Waals surface area contributed by atoms with E-state index >= 15 is 0 Å². The van der Waals surface area contributed by atoms with Crippen molar-refractivity contribution in [3.63, 3.8) is 0 Å². The second-order valence-electron chi connectivity index (χ2n) is 8.62. The summed E-state index contributed by atoms with van der Waals surface area (Å²) in [6.45, 7) is 13.1. The fourth-order valence-electron chi connectivity index (χ4n) is 4.68. The Balaban J connectivity index is 1.49. The van der Waals surface area contributed by atoms with Crippen LogP contribution in [0.4, 0.5) is 0 Å². The Kier molecular flexibility index (Phi) is 6.01. The number of nitrogens with zero attached hydrogens (tertiary/aromatic N) is 1. The van der Waals surface area contributed by atoms with Gasteiger partial charge in [-0.3, -0.25) is 0 Å². The molecule has 0 saturated heterocycles. The Hall–Kier alpha value is -2.85. The number of allylic oxidation sites excluding steroid dienone is 2. The van der Waals surface area contributed by atoms with Gasteiger partial charge in [-0.1, -0.05) is 68.1 Å². The predicted octanol–water partition coefficient (Wildman–Crippen LogP) is 6.53. The molecular weight excluding hydrogens is 400 g/mol. The van der Waals surface area contributed by atoms with Gasteiger partial charge in [-0.2, -0.15) is 0 Å². The summed E-state index contributed by atoms with van der Waals surface area (Å²) >= 11 is 1.67. The van der Waals surface area contributed by atoms with Gasteiger partial charge in [-0.05, 0) is 42.9 Å². The summed E-state index contributed by atoms with van der Waals surface area (Å²) in [5, 5.41) is 16.7. The number of aliphatic hydroxyl groups excluding tert-OH is 1. The number of aryl methyl sites for hydroxylation is 2. The summed E-state index contributed by atoms with van der Waals surface area (Å²) in [7, 11) is 0. The molecule has 160 valence electrons. The summed E-state index contributed by atoms with van der Waals surface area (Å²) in [6, 6.07) is 15.1. The first-order valence-corrected chi connectivity index (χ1v) is 11.7. The molecule has 1 aliphatic rings. The van der Waals surface area contributed by atoms with Crippen LogP contribution in [-0.2, 0) is 25.8 Å². The summed E-state index contributed by atoms with van der Waals surface area (Å²) in [5.41, 5.74) is 8.22. The average Bonchev–Trinajstić information content (AvgIpc) is 3.36. The van der Waals surface area contributed by atoms with E-state index in [0.717, 1.165) is 35.7 Å². The second kappa shape index (κ2) is 8.72. The number of nitrogens with one attached hydrogen (secondary N) is 1. The monoisotopic (exact) mass is 430 g/mol. The minimum Gasteiger partial charge on any atom is -0.513 e. The van der Waals surface area contributed by atoms with Crippen molar-refractivity contribution >= 4 is 11.3 Å². The molecule has 4 heteroatoms. The Labute approximate surface area is 189 Å². The van der Waals surface area contributed by atoms with Crippen molar-refractivity contribution in [2.24, 2.45) is 5.41 Å². The van der Waals surface area contributed by atoms with Gasteiger partial charge in [0.15, 0.2) is 0 Å². The first-order valence-electron chi connectivity index (χ1n) is 10.8. The summed E-state index contributed by atoms with van der Waals surface area (Å²) < 4.78 is 0. The lowest BCUT2D eigenvalue weighted by molar-refractivity contribution is 0.279. The van der Waals surface area contributed by atoms with Crippen molar-refractivity contribution in [2.75, 3.05) is 0 Å². The van der Waals surface area contributed by atoms with Crippen LogP contribution in [0, 0.1) is 12.3 Å². The third-order valence-corrected chi connectivity index (χ3v) is 7.13. The smallest absolute Gasteiger partial charge is 0.112 e. The minimum absolute atomic E-state index is 0.207. The fourth-order valence-corrected chi connectivity index (χ4v) is 5.41. The van der Waals surface area contributed by atoms with E-state index in [1.165, 1.54) is 27.8 Å². The van der Waals surface area contributed by atoms with Crippen LogP contribution in [0.15, 0.2) is 72.5 Å². The molecule has 1 heterocycles. The fraction of sp³-hybridized carbons (Fsp3) is 0.296. The van der Waals surface area contributed by atoms with Crippen LogP contribution < -0.4 is 5.32 Å². The molecule has 0 aliphatic heterocycles. The third kappa shape index (κ3) is 4.45. The molecule has 2 N–H and O–H groups in total. The van der Waals surface area contributed by atoms with Gasteiger partial charge in [0, 0.05) is 28.5 Å². The van der Waals surface area contributed by atoms with Crippen LogP contribution in [0.3, 0.4) is 0 Å². The van der Waals surface area contributed by atoms with Crippen LogP contribution in [0.5, 0.6) is 0 Å². The van der Waals surface area contributed by atoms with Crippen LogP contribution in [0.25, 0.3) is 11.3 Å². The van der Waals surface area contributed by atoms with E-state index in [1.807, 2.05) is 0 Å². The molecule has 0 fully saturated rings. The van der Waals surface area contributed by atoms with E-state index < -0.39 is 0 Å². The predicted molar refractivity (Wildman–Crippen MR) is 130 cm³/mol. The van der Waals surface area contributed by atoms with E-state index in [-0.39, 0.29) is 11.2 Å². The van der Waals surface area contributed by atoms with E-state index in [9.17, 15) is 5.11 Å². The Morgan fingerprint density at radius 1 is 1.16 bits per heavy atom. The number of aromatic nitrogens is 1. The van der Waals surface area contributed by atoms with Crippen molar-refractivity contribution in [1.82, 2.24) is 10.3 Å². The number of benzene rings is 2. The number of aliphatic hydroxyl groups is 1. The van der Waals surface area contributed by atoms with Gasteiger partial charge in [0.1, 0.15) is 5.01 Å². The van der Waals surface area contributed by atoms with E-state index in [0.29, 0.717) is 13.0 Å². The first kappa shape index (κ1) is 21.4. The highest BCUT2D eigenvalue weighted by Gasteiger charge is 2.40. The summed E-state index contributed by atoms with van der Waals surface area (Å²) in [6.07, 6.45) is 3.23. The standard InChI is InChI=1S/C27H30N2OS/c1-5-21-12-18(2)10-11-24(21)25-17-31-26(29-25)16-28-20(4)27(13-19(3)30)14-22-8-6-7-9-23(22)15-27/h6-12,17,28,30H,3-5,13-16H2,1-2H3. The molecule has 0 unspecified atom stereocenters. The molecule has 31 heavy (non-hydrogen) atoms. The Bertz CT molecular complexity index is 1100. The Morgan fingerprint density at radius 2 is 1.87 bits per heavy atom. The maximum Gasteiger partial charge on any atom is 0.112 e. The molecule has 4 rings (SSSR count). The highest BCUT2D eigenvalue weighted by atomic mass is 32.1. The van der Waals surface area contributed by atoms with E-state index in [2.05, 4.69) is 80.2 Å². The van der Waals surface area contributed by atoms with Gasteiger partial charge in [0.2, 0.25) is 0 Å². The molecule has 1 aromatic heterocycles. The third-order valence-electron chi connectivity index (χ3n) is 6.28. The van der Waals surface area contributed by atoms with Crippen molar-refractivity contribution < 1.29 is 5.11 Å². The number of rotatable bonds is 8. The zero-order valence-corrected chi connectivity index (χ0v) is 19.2. The summed E-state index contributed by atoms with van der Waals surface area (Å²) in [4.78, 5) is 4.89. The lowest BCUT2D eigenvalue weighted by Crippen LogP contribution is -2.32. The number of fused-ring (bicyclic) bond motifs is 1. The largest absolute Gasteiger partial charge is 0.513 e. The van der Waals surface area contributed by atoms with Gasteiger partial charge in [-0.15, -0.1) is 11.3 Å². The molecule has 0 spiro atoms. The highest BCUT2D eigenvalue weighted by molar-refractivity contribution is 7.09. The van der Waals surface area contributed by atoms with Crippen molar-refractivity contribution in [3.8, 4) is 11.3 Å². The molecule has 0 bridgehead atoms. The molecule has 0 saturated carbocycles. The summed E-state index contributed by atoms with van der Waals surface area (Å²) in [5.74, 6) is 0.207. The minimum atomic E-state index is -0.248. The van der Waals surface area contributed by atoms with Crippen LogP contribution in [0.1, 0.15) is 40.6 Å². The quantitative estimate of drug-likeness (QED) is 0.399. The molecule has 1 aliphatic carbocycles. The molecule has 3 aromatic rings. The van der Waals surface area contributed by atoms with Crippen molar-refractivity contribution in [3.05, 3.63) is 99.7 Å². The van der Waals surface area contributed by atoms with E-state index in [4.69, 9.17) is 4.98 Å². The maximum absolute atomic E-state index is 10.0. The first-order chi connectivity index (χ1) is 14.9. The molecule has 0 amide bonds. The van der Waals surface area contributed by atoms with Crippen molar-refractivity contribution in [1.29, 1.82) is 0 Å². The lowest BCUT2D eigenvalue weighted by Gasteiger charge is -2.31. The Morgan fingerprint density at radius 3 is 2.52 bits per heavy atom. The van der Waals surface area contributed by atoms with Gasteiger partial charge in [-0.25, -0.2) is 4.98 Å². The normalized spacial score (nSPS) is 14.3. The zero-order chi connectivity index (χ0) is 22.0. The van der Waals surface area contributed by atoms with E-state index in [1.54, 1.807) is 11.3 Å². The van der Waals surface area contributed by atoms with Gasteiger partial charge in [0.05, 0.1) is 18.0 Å². The van der Waals surface area contributed by atoms with Gasteiger partial charge >= 0.3 is 0 Å². The maximum atomic E-state index is 10.0. The van der Waals surface area contributed by atoms with Crippen LogP contribution >= 0.6 is 11.3 Å². The molecular formula is C27H30N2OS. The number of hydrogen-bond donors (Lipinski definition) is 2. The zero-order valence-electron chi connectivity index (χ0n) is 18.4. The topological polar surface area (TPSA) is 45.1 Å². The number of hydrogen-bond acceptors (Lipinski definition) is 4. The van der Waals surface area contributed by atoms with Crippen LogP contribution in [0.2, 0.25) is 0 Å². The van der Waals surface area contributed by atoms with Crippen LogP contribution in [-0.4, -0.2) is 10.1 Å². The van der Waals surface area contributed by atoms with Gasteiger partial charge < -0.3 is 10.4 Å². The lowest BCUT2D eigenvalue weighted by atomic mass is 9.78. The molecule has 0 radical (unpaired) electrons. The molecule has 0 atom stereocenters. The highest BCUT2D eigenvalue weighted by Crippen LogP contribution is 2.45. The SMILES string of the molecule is C=C(O)CC1(C(=C)NCc2nc(-c3ccc(C)cc3CC)cs2)Cc2ccccc2C1. The second-order valence-corrected chi connectivity index (χ2v) is 9.56. The van der Waals surface area contributed by atoms with Gasteiger partial charge in [0.25, 0.3) is 0 Å². The average molecular weight is 431 g/mol. The van der Waals surface area contributed by atoms with Crippen molar-refractivity contribution in [2.45, 2.75) is 46.1 Å².